The van der Waals surface area contributed by atoms with Gasteiger partial charge in [0.15, 0.2) is 11.4 Å². The number of carboxylic acids is 1. The van der Waals surface area contributed by atoms with Crippen molar-refractivity contribution in [3.63, 3.8) is 0 Å². The number of aromatic carboxylic acids is 1. The Hall–Kier alpha value is -2.67. The molecule has 0 saturated carbocycles. The molecule has 0 aliphatic carbocycles. The third-order valence-corrected chi connectivity index (χ3v) is 2.94. The molecule has 7 heteroatoms. The predicted molar refractivity (Wildman–Crippen MR) is 72.5 cm³/mol. The quantitative estimate of drug-likeness (QED) is 0.669. The highest BCUT2D eigenvalue weighted by Gasteiger charge is 2.18. The minimum absolute atomic E-state index is 0.0945. The molecule has 2 aromatic rings. The zero-order chi connectivity index (χ0) is 15.4. The molecule has 1 aromatic carbocycles. The lowest BCUT2D eigenvalue weighted by atomic mass is 10.1. The van der Waals surface area contributed by atoms with Crippen LogP contribution in [0.4, 0.5) is 10.1 Å². The Bertz CT molecular complexity index is 659. The molecule has 0 aliphatic rings. The lowest BCUT2D eigenvalue weighted by Gasteiger charge is -2.12. The molecule has 1 aromatic heterocycles. The molecule has 4 N–H and O–H groups in total. The van der Waals surface area contributed by atoms with E-state index in [1.54, 1.807) is 0 Å². The number of rotatable bonds is 5. The van der Waals surface area contributed by atoms with Gasteiger partial charge in [-0.15, -0.1) is 0 Å². The van der Waals surface area contributed by atoms with Crippen LogP contribution < -0.4 is 5.32 Å². The lowest BCUT2D eigenvalue weighted by Crippen LogP contribution is -2.09. The highest BCUT2D eigenvalue weighted by atomic mass is 19.1. The molecule has 0 unspecified atom stereocenters. The Morgan fingerprint density at radius 2 is 1.95 bits per heavy atom. The van der Waals surface area contributed by atoms with Gasteiger partial charge in [-0.05, 0) is 29.8 Å². The number of nitrogens with one attached hydrogen (secondary N) is 1. The minimum Gasteiger partial charge on any atom is -0.505 e. The Morgan fingerprint density at radius 3 is 2.52 bits per heavy atom. The number of nitrogens with zero attached hydrogens (tertiary/aromatic N) is 1. The van der Waals surface area contributed by atoms with Gasteiger partial charge in [-0.3, -0.25) is 0 Å². The van der Waals surface area contributed by atoms with Gasteiger partial charge in [0.2, 0.25) is 0 Å². The van der Waals surface area contributed by atoms with Crippen LogP contribution in [0, 0.1) is 5.82 Å². The van der Waals surface area contributed by atoms with Crippen LogP contribution >= 0.6 is 0 Å². The molecule has 0 spiro atoms. The topological polar surface area (TPSA) is 103 Å². The predicted octanol–water partition coefficient (Wildman–Crippen LogP) is 1.73. The Labute approximate surface area is 119 Å². The third-order valence-electron chi connectivity index (χ3n) is 2.94. The normalized spacial score (nSPS) is 10.4. The maximum absolute atomic E-state index is 12.8. The highest BCUT2D eigenvalue weighted by molar-refractivity contribution is 5.89. The molecule has 0 atom stereocenters. The Kier molecular flexibility index (Phi) is 4.34. The summed E-state index contributed by atoms with van der Waals surface area (Å²) in [5.41, 5.74) is 0.674. The molecule has 0 fully saturated rings. The summed E-state index contributed by atoms with van der Waals surface area (Å²) in [6, 6.07) is 5.65. The third kappa shape index (κ3) is 3.26. The first-order valence-corrected chi connectivity index (χ1v) is 6.06. The average molecular weight is 292 g/mol. The van der Waals surface area contributed by atoms with E-state index in [9.17, 15) is 19.4 Å². The van der Waals surface area contributed by atoms with Gasteiger partial charge >= 0.3 is 5.97 Å². The zero-order valence-corrected chi connectivity index (χ0v) is 10.9. The smallest absolute Gasteiger partial charge is 0.358 e. The number of benzene rings is 1. The van der Waals surface area contributed by atoms with Crippen LogP contribution in [0.15, 0.2) is 30.5 Å². The summed E-state index contributed by atoms with van der Waals surface area (Å²) in [5, 5.41) is 30.9. The zero-order valence-electron chi connectivity index (χ0n) is 10.9. The van der Waals surface area contributed by atoms with E-state index in [2.05, 4.69) is 10.3 Å². The van der Waals surface area contributed by atoms with E-state index in [1.807, 2.05) is 0 Å². The molecule has 0 amide bonds. The monoisotopic (exact) mass is 292 g/mol. The van der Waals surface area contributed by atoms with Crippen molar-refractivity contribution in [1.82, 2.24) is 4.98 Å². The second-order valence-electron chi connectivity index (χ2n) is 4.28. The van der Waals surface area contributed by atoms with E-state index in [4.69, 9.17) is 5.11 Å². The molecular weight excluding hydrogens is 279 g/mol. The summed E-state index contributed by atoms with van der Waals surface area (Å²) < 4.78 is 12.8. The van der Waals surface area contributed by atoms with Gasteiger partial charge in [-0.1, -0.05) is 0 Å². The number of aromatic nitrogens is 1. The SMILES string of the molecule is O=C(O)c1ncc(CNc2ccc(F)cc2)c(CO)c1O. The van der Waals surface area contributed by atoms with E-state index < -0.39 is 24.0 Å². The summed E-state index contributed by atoms with van der Waals surface area (Å²) in [7, 11) is 0. The van der Waals surface area contributed by atoms with Gasteiger partial charge in [0.25, 0.3) is 0 Å². The summed E-state index contributed by atoms with van der Waals surface area (Å²) in [6.07, 6.45) is 1.27. The van der Waals surface area contributed by atoms with E-state index in [0.29, 0.717) is 11.3 Å². The molecule has 1 heterocycles. The van der Waals surface area contributed by atoms with E-state index in [-0.39, 0.29) is 17.9 Å². The van der Waals surface area contributed by atoms with Crippen molar-refractivity contribution in [3.8, 4) is 5.75 Å². The number of pyridine rings is 1. The van der Waals surface area contributed by atoms with Crippen molar-refractivity contribution in [1.29, 1.82) is 0 Å². The molecule has 2 rings (SSSR count). The van der Waals surface area contributed by atoms with Crippen molar-refractivity contribution >= 4 is 11.7 Å². The fraction of sp³-hybridized carbons (Fsp3) is 0.143. The van der Waals surface area contributed by atoms with Gasteiger partial charge in [-0.25, -0.2) is 14.2 Å². The summed E-state index contributed by atoms with van der Waals surface area (Å²) >= 11 is 0. The van der Waals surface area contributed by atoms with Crippen LogP contribution in [0.25, 0.3) is 0 Å². The fourth-order valence-electron chi connectivity index (χ4n) is 1.83. The van der Waals surface area contributed by atoms with Crippen LogP contribution in [-0.2, 0) is 13.2 Å². The molecule has 0 aliphatic heterocycles. The molecule has 0 radical (unpaired) electrons. The summed E-state index contributed by atoms with van der Waals surface area (Å²) in [4.78, 5) is 14.5. The number of hydrogen-bond acceptors (Lipinski definition) is 5. The van der Waals surface area contributed by atoms with Gasteiger partial charge < -0.3 is 20.6 Å². The number of aliphatic hydroxyl groups excluding tert-OH is 1. The molecule has 110 valence electrons. The molecule has 6 nitrogen and oxygen atoms in total. The van der Waals surface area contributed by atoms with Crippen molar-refractivity contribution < 1.29 is 24.5 Å². The number of carbonyl (C=O) groups is 1. The molecular formula is C14H13FN2O4. The number of aliphatic hydroxyl groups is 1. The number of hydrogen-bond donors (Lipinski definition) is 4. The van der Waals surface area contributed by atoms with Crippen LogP contribution in [0.2, 0.25) is 0 Å². The number of aromatic hydroxyl groups is 1. The van der Waals surface area contributed by atoms with Crippen LogP contribution in [0.1, 0.15) is 21.6 Å². The second kappa shape index (κ2) is 6.19. The minimum atomic E-state index is -1.37. The average Bonchev–Trinajstić information content (AvgIpc) is 2.46. The van der Waals surface area contributed by atoms with E-state index >= 15 is 0 Å². The molecule has 0 bridgehead atoms. The van der Waals surface area contributed by atoms with Crippen LogP contribution in [-0.4, -0.2) is 26.3 Å². The number of anilines is 1. The maximum atomic E-state index is 12.8. The van der Waals surface area contributed by atoms with Crippen LogP contribution in [0.3, 0.4) is 0 Å². The Morgan fingerprint density at radius 1 is 1.29 bits per heavy atom. The summed E-state index contributed by atoms with van der Waals surface area (Å²) in [5.74, 6) is -2.29. The number of halogens is 1. The first-order chi connectivity index (χ1) is 10.0. The van der Waals surface area contributed by atoms with Gasteiger partial charge in [-0.2, -0.15) is 0 Å². The van der Waals surface area contributed by atoms with Gasteiger partial charge in [0.1, 0.15) is 5.82 Å². The second-order valence-corrected chi connectivity index (χ2v) is 4.28. The molecule has 0 saturated heterocycles. The van der Waals surface area contributed by atoms with Crippen LogP contribution in [0.5, 0.6) is 5.75 Å². The van der Waals surface area contributed by atoms with Gasteiger partial charge in [0, 0.05) is 24.0 Å². The first kappa shape index (κ1) is 14.7. The number of carboxylic acid groups (broad SMARTS) is 1. The largest absolute Gasteiger partial charge is 0.505 e. The molecule has 21 heavy (non-hydrogen) atoms. The fourth-order valence-corrected chi connectivity index (χ4v) is 1.83. The lowest BCUT2D eigenvalue weighted by molar-refractivity contribution is 0.0686. The standard InChI is InChI=1S/C14H13FN2O4/c15-9-1-3-10(4-2-9)16-5-8-6-17-12(14(20)21)13(19)11(8)7-18/h1-4,6,16,18-19H,5,7H2,(H,20,21). The van der Waals surface area contributed by atoms with E-state index in [0.717, 1.165) is 0 Å². The van der Waals surface area contributed by atoms with Crippen molar-refractivity contribution in [2.45, 2.75) is 13.2 Å². The maximum Gasteiger partial charge on any atom is 0.358 e. The first-order valence-electron chi connectivity index (χ1n) is 6.06. The van der Waals surface area contributed by atoms with Crippen molar-refractivity contribution in [3.05, 3.63) is 53.1 Å². The highest BCUT2D eigenvalue weighted by Crippen LogP contribution is 2.25. The van der Waals surface area contributed by atoms with E-state index in [1.165, 1.54) is 30.5 Å². The Balaban J connectivity index is 2.22. The van der Waals surface area contributed by atoms with Crippen molar-refractivity contribution in [2.75, 3.05) is 5.32 Å². The van der Waals surface area contributed by atoms with Gasteiger partial charge in [0.05, 0.1) is 6.61 Å². The van der Waals surface area contributed by atoms with Crippen molar-refractivity contribution in [2.24, 2.45) is 0 Å². The summed E-state index contributed by atoms with van der Waals surface area (Å²) in [6.45, 7) is -0.322.